The lowest BCUT2D eigenvalue weighted by Crippen LogP contribution is -2.60. The van der Waals surface area contributed by atoms with Crippen molar-refractivity contribution in [2.75, 3.05) is 105 Å². The zero-order chi connectivity index (χ0) is 96.8. The Hall–Kier alpha value is -10.9. The first kappa shape index (κ1) is 106. The predicted octanol–water partition coefficient (Wildman–Crippen LogP) is 4.07. The molecule has 1 heterocycles. The maximum atomic E-state index is 15.3. The Balaban J connectivity index is 1.04. The number of ketones is 2. The SMILES string of the molecule is C=CS(=O)(=O)CCOC(=O)NCCOCCOCCNC(=O)C(C)CC(CC(CC(CC(CC(C)C(=O)O)c1ccc2c(c1)CCc1ccc(C(CC(C)C(=O)O)CC(C)C(=O)O)cc1CC2)C(=O)O)C(=O)NCCC(=O)NNC(C=O)C1(O)Cc2c(O)c3c(c(O)c2C(OC2CC(N)C(O)C(C)O2)C1)C(=O)c1c(OC)cccc1C3=O)C(=O)NCCOCCOCCNC(C)=O. The van der Waals surface area contributed by atoms with E-state index in [4.69, 9.17) is 43.6 Å². The summed E-state index contributed by atoms with van der Waals surface area (Å²) in [6.07, 6.45) is -6.78. The number of aliphatic hydroxyl groups excluding tert-OH is 1. The third-order valence-corrected chi connectivity index (χ3v) is 25.8. The fraction of sp³-hybridized carbons (Fsp3) is 0.576. The smallest absolute Gasteiger partial charge is 0.407 e. The van der Waals surface area contributed by atoms with E-state index in [1.807, 2.05) is 36.4 Å². The standard InChI is InChI=1S/C92H126N8O31S/c1-9-132(122,123)36-35-129-91(120)98-26-30-128-34-33-126-28-24-96-84(109)50(2)37-64(85(110)97-25-29-127-32-31-125-27-23-94-55(7)102)44-65(45-66(90(118)119)43-63(40-53(5)89(116)117)61-20-16-57-13-17-58-41-60(19-15-56(58)14-18-59(57)42-61)62(38-51(3)87(112)113)39-52(4)88(114)115)86(111)95-22-21-73(103)100-99-72(49-101)92(121)47-68-76(71(48-92)131-74-46-69(93)79(104)54(6)130-74)83(108)78-77(81(68)106)80(105)67-11-10-12-70(124-8)75(67)82(78)107/h9-12,15-16,19-20,41-42,49-54,62-66,69,71-72,74,79,99,104,106,108,121H,1,13-14,17-18,21-40,43-48,93H2,2-8H3,(H,94,102)(H,95,111)(H,96,109)(H,97,110)(H,98,120)(H,100,103)(H,112,113)(H,114,115)(H,116,117)(H,118,119). The number of sulfone groups is 1. The number of nitrogens with two attached hydrogens (primary N) is 1. The van der Waals surface area contributed by atoms with Crippen LogP contribution in [-0.2, 0) is 123 Å². The lowest BCUT2D eigenvalue weighted by molar-refractivity contribution is -0.248. The number of carbonyl (C=O) groups is 13. The van der Waals surface area contributed by atoms with Crippen molar-refractivity contribution in [3.63, 3.8) is 0 Å². The van der Waals surface area contributed by atoms with Gasteiger partial charge in [0.1, 0.15) is 36.2 Å². The van der Waals surface area contributed by atoms with Gasteiger partial charge in [0.2, 0.25) is 35.3 Å². The van der Waals surface area contributed by atoms with Crippen LogP contribution in [0.15, 0.2) is 66.6 Å². The predicted molar refractivity (Wildman–Crippen MR) is 473 cm³/mol. The molecule has 0 saturated carbocycles. The molecule has 0 aromatic heterocycles. The van der Waals surface area contributed by atoms with E-state index in [9.17, 15) is 107 Å². The Labute approximate surface area is 765 Å². The Kier molecular flexibility index (Phi) is 41.0. The van der Waals surface area contributed by atoms with Gasteiger partial charge < -0.3 is 116 Å². The van der Waals surface area contributed by atoms with E-state index in [-0.39, 0.29) is 170 Å². The molecule has 8 rings (SSSR count). The second-order valence-electron chi connectivity index (χ2n) is 34.3. The average Bonchev–Trinajstić information content (AvgIpc) is 0.708. The molecule has 40 heteroatoms. The number of alkyl carbamates (subject to hydrolysis) is 1. The zero-order valence-electron chi connectivity index (χ0n) is 75.4. The fourth-order valence-electron chi connectivity index (χ4n) is 17.1. The first-order valence-corrected chi connectivity index (χ1v) is 46.0. The van der Waals surface area contributed by atoms with Gasteiger partial charge in [-0.2, -0.15) is 0 Å². The molecule has 726 valence electrons. The normalized spacial score (nSPS) is 19.8. The summed E-state index contributed by atoms with van der Waals surface area (Å²) in [5.41, 5.74) is 11.8. The molecule has 1 fully saturated rings. The van der Waals surface area contributed by atoms with Crippen LogP contribution in [0.2, 0.25) is 0 Å². The highest BCUT2D eigenvalue weighted by molar-refractivity contribution is 7.94. The maximum Gasteiger partial charge on any atom is 0.407 e. The average molecular weight is 1870 g/mol. The number of aromatic hydroxyl groups is 2. The molecule has 6 amide bonds. The first-order chi connectivity index (χ1) is 62.7. The molecule has 17 N–H and O–H groups in total. The number of carboxylic acid groups (broad SMARTS) is 4. The summed E-state index contributed by atoms with van der Waals surface area (Å²) in [4.78, 5) is 175. The molecular formula is C92H126N8O31S. The number of hydrazine groups is 1. The second kappa shape index (κ2) is 50.8. The fourth-order valence-corrected chi connectivity index (χ4v) is 17.6. The number of carboxylic acids is 4. The number of amides is 6. The van der Waals surface area contributed by atoms with Gasteiger partial charge >= 0.3 is 30.0 Å². The van der Waals surface area contributed by atoms with Gasteiger partial charge in [0.25, 0.3) is 0 Å². The van der Waals surface area contributed by atoms with Crippen molar-refractivity contribution in [1.82, 2.24) is 37.4 Å². The number of aldehydes is 1. The van der Waals surface area contributed by atoms with E-state index < -0.39 is 232 Å². The minimum atomic E-state index is -3.58. The summed E-state index contributed by atoms with van der Waals surface area (Å²) in [6, 6.07) is 13.0. The highest BCUT2D eigenvalue weighted by Crippen LogP contribution is 2.53. The van der Waals surface area contributed by atoms with Crippen LogP contribution >= 0.6 is 0 Å². The summed E-state index contributed by atoms with van der Waals surface area (Å²) in [6.45, 7) is 11.9. The Bertz CT molecular complexity index is 4840. The van der Waals surface area contributed by atoms with Gasteiger partial charge in [0, 0.05) is 111 Å². The monoisotopic (exact) mass is 1870 g/mol. The minimum absolute atomic E-state index is 0.0171. The zero-order valence-corrected chi connectivity index (χ0v) is 76.2. The number of nitrogens with one attached hydrogen (secondary N) is 7. The third kappa shape index (κ3) is 30.3. The van der Waals surface area contributed by atoms with E-state index in [1.165, 1.54) is 53.0 Å². The Morgan fingerprint density at radius 3 is 1.61 bits per heavy atom. The summed E-state index contributed by atoms with van der Waals surface area (Å²) < 4.78 is 68.2. The van der Waals surface area contributed by atoms with E-state index in [0.29, 0.717) is 31.2 Å². The summed E-state index contributed by atoms with van der Waals surface area (Å²) in [7, 11) is -2.31. The van der Waals surface area contributed by atoms with Crippen molar-refractivity contribution in [2.45, 2.75) is 192 Å². The van der Waals surface area contributed by atoms with Crippen molar-refractivity contribution in [3.05, 3.63) is 133 Å². The number of ether oxygens (including phenoxy) is 8. The molecule has 0 radical (unpaired) electrons. The number of phenolic OH excluding ortho intramolecular Hbond substituents is 2. The number of fused-ring (bicyclic) bond motifs is 5. The molecule has 4 aromatic rings. The van der Waals surface area contributed by atoms with E-state index >= 15 is 4.79 Å². The number of hydrogen-bond acceptors (Lipinski definition) is 29. The molecule has 0 bridgehead atoms. The second-order valence-corrected chi connectivity index (χ2v) is 36.3. The van der Waals surface area contributed by atoms with Crippen molar-refractivity contribution < 1.29 is 149 Å². The van der Waals surface area contributed by atoms with Gasteiger partial charge in [-0.1, -0.05) is 82.8 Å². The van der Waals surface area contributed by atoms with E-state index in [0.717, 1.165) is 33.2 Å². The number of methoxy groups -OCH3 is 1. The van der Waals surface area contributed by atoms with Crippen LogP contribution in [-0.4, -0.2) is 268 Å². The topological polar surface area (TPSA) is 602 Å². The number of carbonyl (C=O) groups excluding carboxylic acids is 9. The van der Waals surface area contributed by atoms with Crippen molar-refractivity contribution in [2.24, 2.45) is 47.2 Å². The minimum Gasteiger partial charge on any atom is -0.507 e. The largest absolute Gasteiger partial charge is 0.507 e. The van der Waals surface area contributed by atoms with Gasteiger partial charge in [0.05, 0.1) is 130 Å². The molecule has 1 saturated heterocycles. The van der Waals surface area contributed by atoms with Crippen LogP contribution < -0.4 is 47.9 Å². The molecule has 3 aliphatic carbocycles. The number of hydrogen-bond donors (Lipinski definition) is 16. The quantitative estimate of drug-likeness (QED) is 0.0113. The van der Waals surface area contributed by atoms with Gasteiger partial charge in [-0.15, -0.1) is 0 Å². The number of aliphatic hydroxyl groups is 2. The molecule has 0 spiro atoms. The summed E-state index contributed by atoms with van der Waals surface area (Å²) >= 11 is 0. The molecule has 4 aliphatic rings. The van der Waals surface area contributed by atoms with Crippen molar-refractivity contribution in [1.29, 1.82) is 0 Å². The first-order valence-electron chi connectivity index (χ1n) is 44.3. The van der Waals surface area contributed by atoms with Crippen LogP contribution in [0.4, 0.5) is 4.79 Å². The van der Waals surface area contributed by atoms with Crippen molar-refractivity contribution >= 4 is 87.2 Å². The van der Waals surface area contributed by atoms with Crippen LogP contribution in [0.25, 0.3) is 0 Å². The van der Waals surface area contributed by atoms with Crippen LogP contribution in [0.3, 0.4) is 0 Å². The summed E-state index contributed by atoms with van der Waals surface area (Å²) in [5, 5.41) is 104. The van der Waals surface area contributed by atoms with Gasteiger partial charge in [-0.25, -0.2) is 18.6 Å². The number of phenols is 2. The molecule has 132 heavy (non-hydrogen) atoms. The van der Waals surface area contributed by atoms with Crippen LogP contribution in [0.5, 0.6) is 17.2 Å². The van der Waals surface area contributed by atoms with E-state index in [2.05, 4.69) is 44.0 Å². The van der Waals surface area contributed by atoms with E-state index in [1.54, 1.807) is 13.8 Å². The molecular weight excluding hydrogens is 1750 g/mol. The highest BCUT2D eigenvalue weighted by Gasteiger charge is 2.51. The number of benzene rings is 4. The van der Waals surface area contributed by atoms with Gasteiger partial charge in [0.15, 0.2) is 21.9 Å². The van der Waals surface area contributed by atoms with Gasteiger partial charge in [-0.05, 0) is 129 Å². The Morgan fingerprint density at radius 1 is 0.598 bits per heavy atom. The highest BCUT2D eigenvalue weighted by atomic mass is 32.2. The Morgan fingerprint density at radius 2 is 1.10 bits per heavy atom. The molecule has 4 aromatic carbocycles. The molecule has 15 atom stereocenters. The maximum absolute atomic E-state index is 15.3. The number of rotatable bonds is 55. The lowest BCUT2D eigenvalue weighted by atomic mass is 9.71. The number of aryl methyl sites for hydroxylation is 4. The summed E-state index contributed by atoms with van der Waals surface area (Å²) in [5.74, 6) is -20.7. The lowest BCUT2D eigenvalue weighted by Gasteiger charge is -2.44. The van der Waals surface area contributed by atoms with Crippen LogP contribution in [0.1, 0.15) is 200 Å². The van der Waals surface area contributed by atoms with Crippen LogP contribution in [0, 0.1) is 41.4 Å². The van der Waals surface area contributed by atoms with Gasteiger partial charge in [-0.3, -0.25) is 58.2 Å². The molecule has 39 nitrogen and oxygen atoms in total. The molecule has 1 aliphatic heterocycles. The third-order valence-electron chi connectivity index (χ3n) is 24.5. The number of aliphatic carboxylic acids is 4. The molecule has 15 unspecified atom stereocenters. The van der Waals surface area contributed by atoms with Crippen molar-refractivity contribution in [3.8, 4) is 17.2 Å².